The third-order valence-corrected chi connectivity index (χ3v) is 30.4. The Morgan fingerprint density at radius 3 is 1.85 bits per heavy atom. The SMILES string of the molecule is CC(c1cc[c-]c(C(=O)c2ccccn2)c1)C1(C)CCCCC1.CC1(Cc2cc3c4c(c2)oc[n+]4COc2ccccc2-3)CCOCC1.CC1(Cc2ccc(CC(=O)C3(C)CCCC3)[n-]2)CCCC1.CC1(c2cc[c-]c(-c3cccc4scnc34)c2)CCCC1.Pc1ccccc1.[Ni].[Pd].[Rh].c1ccc(CC[PH+](c2ccccc2)c2ccccc2)cc1. The maximum absolute atomic E-state index is 12.6. The number of Topliss-reactive ketones (excluding diaryl/α,β-unsaturated/α-hetero) is 1. The quantitative estimate of drug-likeness (QED) is 0.0275. The Hall–Kier alpha value is -7.49. The first-order valence-corrected chi connectivity index (χ1v) is 46.6. The van der Waals surface area contributed by atoms with Gasteiger partial charge in [-0.1, -0.05) is 250 Å². The van der Waals surface area contributed by atoms with Gasteiger partial charge in [-0.15, -0.1) is 95.9 Å². The molecule has 1 radical (unpaired) electrons. The van der Waals surface area contributed by atoms with Crippen LogP contribution in [0.5, 0.6) is 5.75 Å². The molecular formula is C106H119N4NiO5P2PdRhS-. The fraction of sp³-hybridized carbons (Fsp3) is 0.368. The summed E-state index contributed by atoms with van der Waals surface area (Å²) in [5, 5.41) is 4.25. The number of hydrogen-bond donors (Lipinski definition) is 0. The van der Waals surface area contributed by atoms with E-state index in [9.17, 15) is 9.59 Å². The van der Waals surface area contributed by atoms with E-state index < -0.39 is 7.92 Å². The van der Waals surface area contributed by atoms with E-state index in [0.717, 1.165) is 91.8 Å². The van der Waals surface area contributed by atoms with Crippen LogP contribution in [-0.4, -0.2) is 40.9 Å². The number of benzene rings is 9. The van der Waals surface area contributed by atoms with Gasteiger partial charge in [-0.05, 0) is 182 Å². The second-order valence-electron chi connectivity index (χ2n) is 35.4. The number of fused-ring (bicyclic) bond motifs is 3. The summed E-state index contributed by atoms with van der Waals surface area (Å²) < 4.78 is 20.7. The van der Waals surface area contributed by atoms with Crippen LogP contribution in [0.15, 0.2) is 265 Å². The zero-order valence-electron chi connectivity index (χ0n) is 71.3. The molecule has 13 aromatic rings. The van der Waals surface area contributed by atoms with Crippen molar-refractivity contribution >= 4 is 77.3 Å². The van der Waals surface area contributed by atoms with E-state index in [-0.39, 0.29) is 67.6 Å². The molecule has 2 unspecified atom stereocenters. The standard InChI is InChI=1S/C21H22NO3.C21H24NO.C20H19P.C19H28NO.C19H18NS.C6H7P.Ni.Pd.Rh/c1-21(6-8-23-9-7-21)12-15-10-17-16-4-2-3-5-18(16)24-13-22-14-25-19(11-15)20(17)22;1-16(21(2)12-5-3-6-13-21)17-9-8-10-18(15-17)20(23)19-11-4-7-14-22-19;1-4-10-18(11-5-1)16-17-21(19-12-6-2-7-13-19)20-14-8-3-9-15-20;1-18(9-3-4-10-18)14-16-8-7-15(20-16)13-17(21)19(2)11-5-6-12-19;1-19(10-2-3-11-19)15-7-4-6-14(12-15)16-8-5-9-17-18(16)20-13-21-17;7-6-4-2-1-3-5-6;;;/h2-5,10-11,14H,6-9,12-13H2,1H3;4,7-9,11,14-16H,3,5-6,12-13H2,1-2H3;1-15H,16-17H2;7-8H,3-6,9-14H2,1-2H3;4-5,7-9,12-13H,2-3,10-11H2,1H3;1-5H,7H2;;;/q+1;-1;;2*-1;;;;/p+1. The van der Waals surface area contributed by atoms with Crippen molar-refractivity contribution < 1.29 is 84.4 Å². The normalized spacial score (nSPS) is 16.8. The van der Waals surface area contributed by atoms with E-state index in [0.29, 0.717) is 57.8 Å². The summed E-state index contributed by atoms with van der Waals surface area (Å²) in [5.41, 5.74) is 19.9. The summed E-state index contributed by atoms with van der Waals surface area (Å²) in [5.74, 6) is 1.74. The minimum atomic E-state index is -0.697. The van der Waals surface area contributed by atoms with Crippen LogP contribution in [0.1, 0.15) is 219 Å². The molecule has 5 fully saturated rings. The van der Waals surface area contributed by atoms with Crippen molar-refractivity contribution in [2.75, 3.05) is 19.4 Å². The van der Waals surface area contributed by atoms with Gasteiger partial charge in [-0.3, -0.25) is 14.8 Å². The number of hydrogen-bond acceptors (Lipinski definition) is 8. The first-order valence-electron chi connectivity index (χ1n) is 43.4. The molecule has 2 atom stereocenters. The Labute approximate surface area is 764 Å². The number of thiazole rings is 1. The molecule has 15 heteroatoms. The first kappa shape index (κ1) is 94.2. The van der Waals surface area contributed by atoms with E-state index in [2.05, 4.69) is 243 Å². The molecule has 1 saturated heterocycles. The van der Waals surface area contributed by atoms with Crippen LogP contribution in [0.2, 0.25) is 0 Å². The molecule has 639 valence electrons. The number of ether oxygens (including phenoxy) is 2. The van der Waals surface area contributed by atoms with Crippen LogP contribution >= 0.6 is 28.5 Å². The van der Waals surface area contributed by atoms with E-state index in [1.54, 1.807) is 30.0 Å². The summed E-state index contributed by atoms with van der Waals surface area (Å²) >= 11 is 1.70. The van der Waals surface area contributed by atoms with Gasteiger partial charge >= 0.3 is 6.39 Å². The number of aryl methyl sites for hydroxylation is 1. The number of para-hydroxylation sites is 2. The first-order chi connectivity index (χ1) is 57.4. The van der Waals surface area contributed by atoms with E-state index in [4.69, 9.17) is 18.9 Å². The van der Waals surface area contributed by atoms with Gasteiger partial charge in [-0.25, -0.2) is 0 Å². The molecular weight excluding hydrogens is 1770 g/mol. The monoisotopic (exact) mass is 1890 g/mol. The van der Waals surface area contributed by atoms with Crippen molar-refractivity contribution in [3.63, 3.8) is 0 Å². The number of pyridine rings is 1. The van der Waals surface area contributed by atoms with Gasteiger partial charge in [0.1, 0.15) is 17.3 Å². The number of nitrogens with zero attached hydrogens (tertiary/aromatic N) is 4. The Morgan fingerprint density at radius 2 is 1.18 bits per heavy atom. The summed E-state index contributed by atoms with van der Waals surface area (Å²) in [6.07, 6.45) is 32.5. The van der Waals surface area contributed by atoms with Gasteiger partial charge in [0.15, 0.2) is 0 Å². The molecule has 4 aromatic heterocycles. The van der Waals surface area contributed by atoms with Crippen LogP contribution < -0.4 is 30.2 Å². The Morgan fingerprint density at radius 1 is 0.579 bits per heavy atom. The van der Waals surface area contributed by atoms with Gasteiger partial charge in [0.2, 0.25) is 5.58 Å². The number of rotatable bonds is 18. The third kappa shape index (κ3) is 25.0. The number of oxazole rings is 1. The largest absolute Gasteiger partial charge is 0.664 e. The third-order valence-electron chi connectivity index (χ3n) is 26.4. The molecule has 2 aliphatic heterocycles. The second kappa shape index (κ2) is 44.9. The van der Waals surface area contributed by atoms with E-state index in [1.165, 1.54) is 168 Å². The predicted molar refractivity (Wildman–Crippen MR) is 493 cm³/mol. The summed E-state index contributed by atoms with van der Waals surface area (Å²) in [4.78, 5) is 38.5. The fourth-order valence-corrected chi connectivity index (χ4v) is 22.3. The number of ketones is 2. The summed E-state index contributed by atoms with van der Waals surface area (Å²) in [6, 6.07) is 90.9. The molecule has 0 amide bonds. The summed E-state index contributed by atoms with van der Waals surface area (Å²) in [6.45, 7) is 16.2. The van der Waals surface area contributed by atoms with Gasteiger partial charge in [0, 0.05) is 110 Å². The van der Waals surface area contributed by atoms with Crippen LogP contribution in [0.25, 0.3) is 43.6 Å². The Bertz CT molecular complexity index is 5330. The van der Waals surface area contributed by atoms with E-state index >= 15 is 0 Å². The van der Waals surface area contributed by atoms with Crippen molar-refractivity contribution in [2.24, 2.45) is 21.7 Å². The Kier molecular flexibility index (Phi) is 35.0. The maximum atomic E-state index is 12.6. The fourth-order valence-electron chi connectivity index (χ4n) is 18.8. The van der Waals surface area contributed by atoms with Crippen LogP contribution in [0.3, 0.4) is 0 Å². The maximum Gasteiger partial charge on any atom is 0.338 e. The Balaban J connectivity index is 0.000000144. The average molecular weight is 1890 g/mol. The zero-order valence-corrected chi connectivity index (χ0v) is 78.4. The predicted octanol–water partition coefficient (Wildman–Crippen LogP) is 24.6. The van der Waals surface area contributed by atoms with Crippen molar-refractivity contribution in [3.05, 3.63) is 318 Å². The van der Waals surface area contributed by atoms with Crippen molar-refractivity contribution in [3.8, 4) is 28.0 Å². The van der Waals surface area contributed by atoms with E-state index in [1.807, 2.05) is 76.8 Å². The molecule has 9 aromatic carbocycles. The second-order valence-corrected chi connectivity index (χ2v) is 39.6. The number of aromatic nitrogens is 4. The number of carbonyl (C=O) groups is 2. The van der Waals surface area contributed by atoms with Crippen LogP contribution in [-0.2, 0) is 104 Å². The minimum Gasteiger partial charge on any atom is -0.664 e. The molecule has 4 saturated carbocycles. The molecule has 0 spiro atoms. The topological polar surface area (TPSA) is 110 Å². The van der Waals surface area contributed by atoms with Crippen LogP contribution in [0.4, 0.5) is 0 Å². The zero-order chi connectivity index (χ0) is 81.8. The number of carbonyl (C=O) groups excluding carboxylic acids is 2. The van der Waals surface area contributed by atoms with Crippen LogP contribution in [0, 0.1) is 33.8 Å². The molecule has 9 nitrogen and oxygen atoms in total. The van der Waals surface area contributed by atoms with Gasteiger partial charge < -0.3 is 23.7 Å². The van der Waals surface area contributed by atoms with Crippen molar-refractivity contribution in [1.82, 2.24) is 15.0 Å². The minimum absolute atomic E-state index is 0. The van der Waals surface area contributed by atoms with Crippen molar-refractivity contribution in [1.29, 1.82) is 0 Å². The molecule has 19 rings (SSSR count). The molecule has 0 N–H and O–H groups in total. The average Bonchev–Trinajstić information content (AvgIpc) is 1.61. The smallest absolute Gasteiger partial charge is 0.338 e. The molecule has 4 aliphatic carbocycles. The molecule has 6 heterocycles. The molecule has 121 heavy (non-hydrogen) atoms. The van der Waals surface area contributed by atoms with Gasteiger partial charge in [0.05, 0.1) is 41.5 Å². The molecule has 0 bridgehead atoms. The molecule has 6 aliphatic rings. The summed E-state index contributed by atoms with van der Waals surface area (Å²) in [7, 11) is 1.93. The van der Waals surface area contributed by atoms with Gasteiger partial charge in [-0.2, -0.15) is 11.4 Å². The van der Waals surface area contributed by atoms with Crippen molar-refractivity contribution in [2.45, 2.75) is 207 Å². The van der Waals surface area contributed by atoms with Gasteiger partial charge in [0.25, 0.3) is 12.2 Å².